The molecule has 1 aromatic carbocycles. The van der Waals surface area contributed by atoms with Gasteiger partial charge in [0.05, 0.1) is 5.56 Å². The third kappa shape index (κ3) is 5.03. The SMILES string of the molecule is CCCN1CCC(NC(=O)c2ccccc2SC(C)C)CC1. The van der Waals surface area contributed by atoms with Crippen LogP contribution in [0.2, 0.25) is 0 Å². The number of carbonyl (C=O) groups is 1. The zero-order valence-electron chi connectivity index (χ0n) is 14.0. The molecule has 2 rings (SSSR count). The van der Waals surface area contributed by atoms with Crippen LogP contribution in [0.15, 0.2) is 29.2 Å². The Morgan fingerprint density at radius 2 is 2.00 bits per heavy atom. The molecule has 22 heavy (non-hydrogen) atoms. The summed E-state index contributed by atoms with van der Waals surface area (Å²) in [5, 5.41) is 3.71. The molecule has 1 aliphatic heterocycles. The molecule has 1 aromatic rings. The Balaban J connectivity index is 1.93. The summed E-state index contributed by atoms with van der Waals surface area (Å²) in [4.78, 5) is 16.2. The molecule has 0 unspecified atom stereocenters. The highest BCUT2D eigenvalue weighted by molar-refractivity contribution is 8.00. The van der Waals surface area contributed by atoms with Gasteiger partial charge < -0.3 is 10.2 Å². The van der Waals surface area contributed by atoms with Gasteiger partial charge >= 0.3 is 0 Å². The molecule has 0 saturated carbocycles. The van der Waals surface area contributed by atoms with E-state index in [2.05, 4.69) is 31.0 Å². The average molecular weight is 321 g/mol. The van der Waals surface area contributed by atoms with Gasteiger partial charge in [0.15, 0.2) is 0 Å². The van der Waals surface area contributed by atoms with Crippen LogP contribution >= 0.6 is 11.8 Å². The predicted molar refractivity (Wildman–Crippen MR) is 94.7 cm³/mol. The molecule has 1 saturated heterocycles. The van der Waals surface area contributed by atoms with Gasteiger partial charge in [-0.3, -0.25) is 4.79 Å². The summed E-state index contributed by atoms with van der Waals surface area (Å²) in [6, 6.07) is 8.25. The van der Waals surface area contributed by atoms with Crippen molar-refractivity contribution in [2.45, 2.75) is 56.2 Å². The molecule has 4 heteroatoms. The van der Waals surface area contributed by atoms with Gasteiger partial charge in [-0.25, -0.2) is 0 Å². The lowest BCUT2D eigenvalue weighted by Gasteiger charge is -2.32. The molecular weight excluding hydrogens is 292 g/mol. The third-order valence-corrected chi connectivity index (χ3v) is 5.04. The summed E-state index contributed by atoms with van der Waals surface area (Å²) in [6.07, 6.45) is 3.33. The number of nitrogens with one attached hydrogen (secondary N) is 1. The Labute approximate surface area is 138 Å². The second-order valence-corrected chi connectivity index (χ2v) is 7.87. The van der Waals surface area contributed by atoms with Crippen LogP contribution in [0, 0.1) is 0 Å². The smallest absolute Gasteiger partial charge is 0.252 e. The number of piperidine rings is 1. The van der Waals surface area contributed by atoms with E-state index >= 15 is 0 Å². The monoisotopic (exact) mass is 320 g/mol. The first-order valence-corrected chi connectivity index (χ1v) is 9.27. The predicted octanol–water partition coefficient (Wildman–Crippen LogP) is 3.79. The molecule has 122 valence electrons. The molecule has 0 atom stereocenters. The van der Waals surface area contributed by atoms with Crippen LogP contribution in [0.5, 0.6) is 0 Å². The van der Waals surface area contributed by atoms with Crippen molar-refractivity contribution in [2.75, 3.05) is 19.6 Å². The molecule has 0 aliphatic carbocycles. The molecular formula is C18H28N2OS. The van der Waals surface area contributed by atoms with Gasteiger partial charge in [-0.15, -0.1) is 11.8 Å². The van der Waals surface area contributed by atoms with Crippen molar-refractivity contribution in [1.82, 2.24) is 10.2 Å². The van der Waals surface area contributed by atoms with Crippen molar-refractivity contribution in [2.24, 2.45) is 0 Å². The van der Waals surface area contributed by atoms with Crippen LogP contribution in [0.1, 0.15) is 50.4 Å². The highest BCUT2D eigenvalue weighted by Gasteiger charge is 2.21. The Bertz CT molecular complexity index is 482. The number of carbonyl (C=O) groups excluding carboxylic acids is 1. The van der Waals surface area contributed by atoms with E-state index in [0.29, 0.717) is 11.3 Å². The highest BCUT2D eigenvalue weighted by atomic mass is 32.2. The van der Waals surface area contributed by atoms with E-state index in [1.54, 1.807) is 11.8 Å². The summed E-state index contributed by atoms with van der Waals surface area (Å²) in [7, 11) is 0. The second kappa shape index (κ2) is 8.59. The van der Waals surface area contributed by atoms with Gasteiger partial charge in [-0.2, -0.15) is 0 Å². The fraction of sp³-hybridized carbons (Fsp3) is 0.611. The van der Waals surface area contributed by atoms with E-state index in [1.807, 2.05) is 24.3 Å². The van der Waals surface area contributed by atoms with Gasteiger partial charge in [-0.1, -0.05) is 32.9 Å². The van der Waals surface area contributed by atoms with Crippen LogP contribution in [0.3, 0.4) is 0 Å². The maximum Gasteiger partial charge on any atom is 0.252 e. The Kier molecular flexibility index (Phi) is 6.77. The minimum absolute atomic E-state index is 0.0812. The van der Waals surface area contributed by atoms with Gasteiger partial charge in [0.25, 0.3) is 5.91 Å². The van der Waals surface area contributed by atoms with Crippen LogP contribution in [-0.4, -0.2) is 41.7 Å². The van der Waals surface area contributed by atoms with Crippen molar-refractivity contribution in [3.63, 3.8) is 0 Å². The number of benzene rings is 1. The van der Waals surface area contributed by atoms with Crippen LogP contribution < -0.4 is 5.32 Å². The highest BCUT2D eigenvalue weighted by Crippen LogP contribution is 2.26. The largest absolute Gasteiger partial charge is 0.349 e. The average Bonchev–Trinajstić information content (AvgIpc) is 2.49. The lowest BCUT2D eigenvalue weighted by atomic mass is 10.0. The number of nitrogens with zero attached hydrogens (tertiary/aromatic N) is 1. The van der Waals surface area contributed by atoms with Gasteiger partial charge in [0, 0.05) is 29.3 Å². The van der Waals surface area contributed by atoms with Crippen molar-refractivity contribution in [1.29, 1.82) is 0 Å². The molecule has 1 amide bonds. The summed E-state index contributed by atoms with van der Waals surface area (Å²) >= 11 is 1.75. The molecule has 3 nitrogen and oxygen atoms in total. The Hall–Kier alpha value is -1.00. The molecule has 1 N–H and O–H groups in total. The van der Waals surface area contributed by atoms with Crippen molar-refractivity contribution >= 4 is 17.7 Å². The summed E-state index contributed by atoms with van der Waals surface area (Å²) in [5.74, 6) is 0.0812. The number of hydrogen-bond donors (Lipinski definition) is 1. The molecule has 0 radical (unpaired) electrons. The van der Waals surface area contributed by atoms with Crippen LogP contribution in [0.4, 0.5) is 0 Å². The number of rotatable bonds is 6. The van der Waals surface area contributed by atoms with Crippen molar-refractivity contribution in [3.05, 3.63) is 29.8 Å². The molecule has 0 spiro atoms. The lowest BCUT2D eigenvalue weighted by Crippen LogP contribution is -2.44. The van der Waals surface area contributed by atoms with E-state index in [-0.39, 0.29) is 5.91 Å². The molecule has 1 fully saturated rings. The van der Waals surface area contributed by atoms with E-state index in [1.165, 1.54) is 13.0 Å². The van der Waals surface area contributed by atoms with Crippen LogP contribution in [0.25, 0.3) is 0 Å². The van der Waals surface area contributed by atoms with E-state index in [4.69, 9.17) is 0 Å². The standard InChI is InChI=1S/C18H28N2OS/c1-4-11-20-12-9-15(10-13-20)19-18(21)16-7-5-6-8-17(16)22-14(2)3/h5-8,14-15H,4,9-13H2,1-3H3,(H,19,21). The summed E-state index contributed by atoms with van der Waals surface area (Å²) < 4.78 is 0. The first kappa shape index (κ1) is 17.4. The minimum atomic E-state index is 0.0812. The number of amides is 1. The Morgan fingerprint density at radius 1 is 1.32 bits per heavy atom. The van der Waals surface area contributed by atoms with Gasteiger partial charge in [-0.05, 0) is 37.9 Å². The molecule has 1 heterocycles. The topological polar surface area (TPSA) is 32.3 Å². The molecule has 0 aromatic heterocycles. The molecule has 0 bridgehead atoms. The zero-order chi connectivity index (χ0) is 15.9. The van der Waals surface area contributed by atoms with Crippen LogP contribution in [-0.2, 0) is 0 Å². The number of likely N-dealkylation sites (tertiary alicyclic amines) is 1. The quantitative estimate of drug-likeness (QED) is 0.809. The van der Waals surface area contributed by atoms with Crippen molar-refractivity contribution in [3.8, 4) is 0 Å². The summed E-state index contributed by atoms with van der Waals surface area (Å²) in [6.45, 7) is 9.90. The second-order valence-electron chi connectivity index (χ2n) is 6.25. The minimum Gasteiger partial charge on any atom is -0.349 e. The fourth-order valence-electron chi connectivity index (χ4n) is 2.89. The molecule has 1 aliphatic rings. The van der Waals surface area contributed by atoms with E-state index in [0.717, 1.165) is 36.4 Å². The van der Waals surface area contributed by atoms with Gasteiger partial charge in [0.1, 0.15) is 0 Å². The zero-order valence-corrected chi connectivity index (χ0v) is 14.8. The fourth-order valence-corrected chi connectivity index (χ4v) is 3.84. The number of hydrogen-bond acceptors (Lipinski definition) is 3. The van der Waals surface area contributed by atoms with E-state index < -0.39 is 0 Å². The third-order valence-electron chi connectivity index (χ3n) is 3.96. The normalized spacial score (nSPS) is 16.9. The maximum absolute atomic E-state index is 12.6. The number of thioether (sulfide) groups is 1. The lowest BCUT2D eigenvalue weighted by molar-refractivity contribution is 0.0908. The van der Waals surface area contributed by atoms with E-state index in [9.17, 15) is 4.79 Å². The van der Waals surface area contributed by atoms with Crippen molar-refractivity contribution < 1.29 is 4.79 Å². The Morgan fingerprint density at radius 3 is 2.64 bits per heavy atom. The van der Waals surface area contributed by atoms with Gasteiger partial charge in [0.2, 0.25) is 0 Å². The maximum atomic E-state index is 12.6. The summed E-state index contributed by atoms with van der Waals surface area (Å²) in [5.41, 5.74) is 0.817. The first-order chi connectivity index (χ1) is 10.6. The first-order valence-electron chi connectivity index (χ1n) is 8.39.